The van der Waals surface area contributed by atoms with Crippen molar-refractivity contribution in [2.75, 3.05) is 5.73 Å². The lowest BCUT2D eigenvalue weighted by Gasteiger charge is -2.12. The average Bonchev–Trinajstić information content (AvgIpc) is 2.08. The predicted octanol–water partition coefficient (Wildman–Crippen LogP) is 1.99. The van der Waals surface area contributed by atoms with Gasteiger partial charge in [0.25, 0.3) is 0 Å². The molecular formula is C10H16N2. The minimum Gasteiger partial charge on any atom is -0.399 e. The zero-order valence-corrected chi connectivity index (χ0v) is 7.67. The van der Waals surface area contributed by atoms with E-state index >= 15 is 0 Å². The number of nitrogens with two attached hydrogens (primary N) is 2. The van der Waals surface area contributed by atoms with Crippen LogP contribution < -0.4 is 11.5 Å². The van der Waals surface area contributed by atoms with E-state index in [9.17, 15) is 0 Å². The lowest BCUT2D eigenvalue weighted by atomic mass is 9.99. The van der Waals surface area contributed by atoms with Crippen molar-refractivity contribution < 1.29 is 0 Å². The number of nitrogen functional groups attached to an aromatic ring is 1. The highest BCUT2D eigenvalue weighted by Gasteiger charge is 2.05. The highest BCUT2D eigenvalue weighted by Crippen LogP contribution is 2.20. The van der Waals surface area contributed by atoms with Gasteiger partial charge in [-0.1, -0.05) is 13.0 Å². The summed E-state index contributed by atoms with van der Waals surface area (Å²) < 4.78 is 0. The zero-order chi connectivity index (χ0) is 9.14. The predicted molar refractivity (Wildman–Crippen MR) is 52.8 cm³/mol. The monoisotopic (exact) mass is 164 g/mol. The number of rotatable bonds is 2. The Hall–Kier alpha value is -1.02. The molecule has 0 heterocycles. The second-order valence-electron chi connectivity index (χ2n) is 3.13. The Labute approximate surface area is 73.6 Å². The van der Waals surface area contributed by atoms with E-state index < -0.39 is 0 Å². The number of benzene rings is 1. The van der Waals surface area contributed by atoms with E-state index in [1.807, 2.05) is 18.2 Å². The van der Waals surface area contributed by atoms with Gasteiger partial charge in [-0.25, -0.2) is 0 Å². The molecule has 1 unspecified atom stereocenters. The summed E-state index contributed by atoms with van der Waals surface area (Å²) in [6, 6.07) is 6.00. The Morgan fingerprint density at radius 3 is 2.67 bits per heavy atom. The van der Waals surface area contributed by atoms with Crippen molar-refractivity contribution >= 4 is 5.69 Å². The van der Waals surface area contributed by atoms with Gasteiger partial charge in [0.2, 0.25) is 0 Å². The quantitative estimate of drug-likeness (QED) is 0.657. The second-order valence-corrected chi connectivity index (χ2v) is 3.13. The topological polar surface area (TPSA) is 52.0 Å². The molecule has 4 N–H and O–H groups in total. The van der Waals surface area contributed by atoms with E-state index in [4.69, 9.17) is 11.5 Å². The minimum absolute atomic E-state index is 0.119. The molecule has 1 aromatic carbocycles. The van der Waals surface area contributed by atoms with Crippen LogP contribution in [0.15, 0.2) is 18.2 Å². The van der Waals surface area contributed by atoms with E-state index in [0.29, 0.717) is 0 Å². The number of aryl methyl sites for hydroxylation is 1. The molecule has 0 spiro atoms. The maximum Gasteiger partial charge on any atom is 0.0317 e. The van der Waals surface area contributed by atoms with Crippen molar-refractivity contribution in [3.05, 3.63) is 29.3 Å². The first-order valence-corrected chi connectivity index (χ1v) is 4.26. The van der Waals surface area contributed by atoms with Crippen LogP contribution in [-0.4, -0.2) is 0 Å². The van der Waals surface area contributed by atoms with Crippen molar-refractivity contribution in [1.29, 1.82) is 0 Å². The van der Waals surface area contributed by atoms with Crippen LogP contribution in [0.5, 0.6) is 0 Å². The van der Waals surface area contributed by atoms with E-state index in [2.05, 4.69) is 13.8 Å². The third kappa shape index (κ3) is 1.77. The van der Waals surface area contributed by atoms with Crippen LogP contribution in [0.4, 0.5) is 5.69 Å². The molecule has 0 saturated carbocycles. The van der Waals surface area contributed by atoms with E-state index in [1.165, 1.54) is 5.56 Å². The molecule has 12 heavy (non-hydrogen) atoms. The van der Waals surface area contributed by atoms with Gasteiger partial charge in [-0.2, -0.15) is 0 Å². The molecule has 0 aromatic heterocycles. The Balaban J connectivity index is 3.04. The smallest absolute Gasteiger partial charge is 0.0317 e. The molecule has 0 radical (unpaired) electrons. The summed E-state index contributed by atoms with van der Waals surface area (Å²) in [5.41, 5.74) is 14.7. The summed E-state index contributed by atoms with van der Waals surface area (Å²) in [5, 5.41) is 0. The molecule has 0 aliphatic rings. The number of anilines is 1. The van der Waals surface area contributed by atoms with Crippen molar-refractivity contribution in [3.8, 4) is 0 Å². The highest BCUT2D eigenvalue weighted by atomic mass is 14.6. The van der Waals surface area contributed by atoms with Gasteiger partial charge in [-0.3, -0.25) is 0 Å². The third-order valence-corrected chi connectivity index (χ3v) is 2.14. The fourth-order valence-corrected chi connectivity index (χ4v) is 1.28. The molecule has 66 valence electrons. The van der Waals surface area contributed by atoms with E-state index in [1.54, 1.807) is 0 Å². The van der Waals surface area contributed by atoms with Crippen molar-refractivity contribution in [2.24, 2.45) is 5.73 Å². The number of hydrogen-bond donors (Lipinski definition) is 2. The second kappa shape index (κ2) is 3.59. The van der Waals surface area contributed by atoms with Crippen LogP contribution in [0, 0.1) is 6.92 Å². The van der Waals surface area contributed by atoms with Gasteiger partial charge in [0, 0.05) is 11.7 Å². The first-order chi connectivity index (χ1) is 5.65. The lowest BCUT2D eigenvalue weighted by molar-refractivity contribution is 0.694. The summed E-state index contributed by atoms with van der Waals surface area (Å²) in [6.07, 6.45) is 0.949. The fraction of sp³-hybridized carbons (Fsp3) is 0.400. The summed E-state index contributed by atoms with van der Waals surface area (Å²) in [7, 11) is 0. The van der Waals surface area contributed by atoms with Crippen LogP contribution in [0.2, 0.25) is 0 Å². The summed E-state index contributed by atoms with van der Waals surface area (Å²) in [4.78, 5) is 0. The fourth-order valence-electron chi connectivity index (χ4n) is 1.28. The van der Waals surface area contributed by atoms with Gasteiger partial charge >= 0.3 is 0 Å². The van der Waals surface area contributed by atoms with Crippen LogP contribution in [-0.2, 0) is 0 Å². The molecule has 1 atom stereocenters. The first kappa shape index (κ1) is 9.07. The Kier molecular flexibility index (Phi) is 2.71. The molecule has 2 nitrogen and oxygen atoms in total. The van der Waals surface area contributed by atoms with E-state index in [0.717, 1.165) is 17.7 Å². The highest BCUT2D eigenvalue weighted by molar-refractivity contribution is 5.45. The number of hydrogen-bond acceptors (Lipinski definition) is 2. The molecule has 0 aliphatic carbocycles. The molecular weight excluding hydrogens is 148 g/mol. The summed E-state index contributed by atoms with van der Waals surface area (Å²) >= 11 is 0. The summed E-state index contributed by atoms with van der Waals surface area (Å²) in [6.45, 7) is 4.14. The minimum atomic E-state index is 0.119. The summed E-state index contributed by atoms with van der Waals surface area (Å²) in [5.74, 6) is 0. The SMILES string of the molecule is CCC(N)c1cc(N)ccc1C. The third-order valence-electron chi connectivity index (χ3n) is 2.14. The van der Waals surface area contributed by atoms with Crippen molar-refractivity contribution in [1.82, 2.24) is 0 Å². The Morgan fingerprint density at radius 2 is 2.08 bits per heavy atom. The standard InChI is InChI=1S/C10H16N2/c1-3-10(12)9-6-8(11)5-4-7(9)2/h4-6,10H,3,11-12H2,1-2H3. The normalized spacial score (nSPS) is 12.9. The Morgan fingerprint density at radius 1 is 1.42 bits per heavy atom. The molecule has 0 saturated heterocycles. The van der Waals surface area contributed by atoms with Crippen LogP contribution >= 0.6 is 0 Å². The van der Waals surface area contributed by atoms with Gasteiger partial charge in [-0.05, 0) is 36.6 Å². The molecule has 2 heteroatoms. The zero-order valence-electron chi connectivity index (χ0n) is 7.67. The molecule has 1 rings (SSSR count). The molecule has 0 amide bonds. The van der Waals surface area contributed by atoms with Gasteiger partial charge in [0.05, 0.1) is 0 Å². The maximum atomic E-state index is 5.91. The average molecular weight is 164 g/mol. The molecule has 0 fully saturated rings. The van der Waals surface area contributed by atoms with Gasteiger partial charge in [-0.15, -0.1) is 0 Å². The molecule has 1 aromatic rings. The van der Waals surface area contributed by atoms with Gasteiger partial charge < -0.3 is 11.5 Å². The van der Waals surface area contributed by atoms with Crippen LogP contribution in [0.25, 0.3) is 0 Å². The van der Waals surface area contributed by atoms with Crippen molar-refractivity contribution in [3.63, 3.8) is 0 Å². The molecule has 0 bridgehead atoms. The van der Waals surface area contributed by atoms with Crippen LogP contribution in [0.1, 0.15) is 30.5 Å². The molecule has 0 aliphatic heterocycles. The Bertz CT molecular complexity index is 269. The van der Waals surface area contributed by atoms with E-state index in [-0.39, 0.29) is 6.04 Å². The largest absolute Gasteiger partial charge is 0.399 e. The van der Waals surface area contributed by atoms with Gasteiger partial charge in [0.1, 0.15) is 0 Å². The maximum absolute atomic E-state index is 5.91. The van der Waals surface area contributed by atoms with Crippen molar-refractivity contribution in [2.45, 2.75) is 26.3 Å². The first-order valence-electron chi connectivity index (χ1n) is 4.26. The van der Waals surface area contributed by atoms with Crippen LogP contribution in [0.3, 0.4) is 0 Å². The lowest BCUT2D eigenvalue weighted by Crippen LogP contribution is -2.10. The van der Waals surface area contributed by atoms with Gasteiger partial charge in [0.15, 0.2) is 0 Å².